The van der Waals surface area contributed by atoms with Gasteiger partial charge in [0.25, 0.3) is 5.91 Å². The number of halogens is 2. The summed E-state index contributed by atoms with van der Waals surface area (Å²) in [5.41, 5.74) is 1.62. The first kappa shape index (κ1) is 21.0. The van der Waals surface area contributed by atoms with Gasteiger partial charge in [-0.25, -0.2) is 13.8 Å². The fraction of sp³-hybridized carbons (Fsp3) is 0.304. The zero-order valence-corrected chi connectivity index (χ0v) is 17.4. The van der Waals surface area contributed by atoms with Gasteiger partial charge in [0.2, 0.25) is 5.89 Å². The molecule has 6 nitrogen and oxygen atoms in total. The van der Waals surface area contributed by atoms with Crippen LogP contribution in [0.2, 0.25) is 0 Å². The van der Waals surface area contributed by atoms with E-state index in [9.17, 15) is 13.6 Å². The average Bonchev–Trinajstić information content (AvgIpc) is 3.13. The van der Waals surface area contributed by atoms with Gasteiger partial charge < -0.3 is 14.1 Å². The molecule has 162 valence electrons. The molecule has 1 aliphatic rings. The Morgan fingerprint density at radius 3 is 2.32 bits per heavy atom. The molecule has 2 heterocycles. The molecule has 1 fully saturated rings. The summed E-state index contributed by atoms with van der Waals surface area (Å²) in [6, 6.07) is 10.3. The maximum Gasteiger partial charge on any atom is 0.253 e. The molecule has 1 aliphatic heterocycles. The molecule has 1 amide bonds. The SMILES string of the molecule is COc1ccc(C(=O)N2CCN(Cc3nc(-c4cc(F)cc(F)c4)oc3C)CC2)cc1. The van der Waals surface area contributed by atoms with Crippen LogP contribution < -0.4 is 4.74 Å². The third-order valence-corrected chi connectivity index (χ3v) is 5.37. The number of nitrogens with zero attached hydrogens (tertiary/aromatic N) is 3. The predicted molar refractivity (Wildman–Crippen MR) is 111 cm³/mol. The lowest BCUT2D eigenvalue weighted by molar-refractivity contribution is 0.0626. The number of ether oxygens (including phenoxy) is 1. The fourth-order valence-corrected chi connectivity index (χ4v) is 3.61. The molecule has 1 aromatic heterocycles. The summed E-state index contributed by atoms with van der Waals surface area (Å²) in [6.07, 6.45) is 0. The van der Waals surface area contributed by atoms with Crippen molar-refractivity contribution in [2.45, 2.75) is 13.5 Å². The minimum atomic E-state index is -0.676. The van der Waals surface area contributed by atoms with Gasteiger partial charge in [-0.15, -0.1) is 0 Å². The highest BCUT2D eigenvalue weighted by molar-refractivity contribution is 5.94. The molecule has 4 rings (SSSR count). The van der Waals surface area contributed by atoms with Crippen molar-refractivity contribution in [2.75, 3.05) is 33.3 Å². The van der Waals surface area contributed by atoms with E-state index in [2.05, 4.69) is 9.88 Å². The standard InChI is InChI=1S/C23H23F2N3O3/c1-15-21(26-22(31-15)17-11-18(24)13-19(25)12-17)14-27-7-9-28(10-8-27)23(29)16-3-5-20(30-2)6-4-16/h3-6,11-13H,7-10,14H2,1-2H3. The lowest BCUT2D eigenvalue weighted by atomic mass is 10.1. The van der Waals surface area contributed by atoms with Crippen LogP contribution in [-0.4, -0.2) is 54.0 Å². The molecule has 0 spiro atoms. The number of piperazine rings is 1. The summed E-state index contributed by atoms with van der Waals surface area (Å²) in [6.45, 7) is 4.91. The quantitative estimate of drug-likeness (QED) is 0.618. The average molecular weight is 427 g/mol. The van der Waals surface area contributed by atoms with Crippen molar-refractivity contribution in [1.29, 1.82) is 0 Å². The van der Waals surface area contributed by atoms with E-state index in [1.165, 1.54) is 12.1 Å². The highest BCUT2D eigenvalue weighted by Gasteiger charge is 2.24. The second kappa shape index (κ2) is 8.85. The number of benzene rings is 2. The van der Waals surface area contributed by atoms with Crippen molar-refractivity contribution in [3.05, 3.63) is 71.1 Å². The van der Waals surface area contributed by atoms with Gasteiger partial charge in [0.1, 0.15) is 23.1 Å². The van der Waals surface area contributed by atoms with Crippen molar-refractivity contribution < 1.29 is 22.7 Å². The molecular formula is C23H23F2N3O3. The van der Waals surface area contributed by atoms with Gasteiger partial charge in [0.05, 0.1) is 12.8 Å². The molecule has 0 atom stereocenters. The molecule has 1 saturated heterocycles. The van der Waals surface area contributed by atoms with Crippen LogP contribution >= 0.6 is 0 Å². The third kappa shape index (κ3) is 4.74. The van der Waals surface area contributed by atoms with E-state index in [1.54, 1.807) is 38.3 Å². The second-order valence-electron chi connectivity index (χ2n) is 7.48. The Morgan fingerprint density at radius 1 is 1.06 bits per heavy atom. The first-order valence-corrected chi connectivity index (χ1v) is 10.0. The van der Waals surface area contributed by atoms with Crippen molar-refractivity contribution >= 4 is 5.91 Å². The number of aromatic nitrogens is 1. The minimum Gasteiger partial charge on any atom is -0.497 e. The van der Waals surface area contributed by atoms with E-state index in [1.807, 2.05) is 4.90 Å². The van der Waals surface area contributed by atoms with Gasteiger partial charge in [-0.3, -0.25) is 9.69 Å². The molecule has 0 aliphatic carbocycles. The van der Waals surface area contributed by atoms with Crippen LogP contribution in [0.25, 0.3) is 11.5 Å². The number of methoxy groups -OCH3 is 1. The summed E-state index contributed by atoms with van der Waals surface area (Å²) in [5.74, 6) is 0.158. The van der Waals surface area contributed by atoms with Crippen LogP contribution in [0.5, 0.6) is 5.75 Å². The number of carbonyl (C=O) groups is 1. The lowest BCUT2D eigenvalue weighted by Crippen LogP contribution is -2.48. The number of hydrogen-bond donors (Lipinski definition) is 0. The molecule has 0 radical (unpaired) electrons. The molecule has 0 N–H and O–H groups in total. The van der Waals surface area contributed by atoms with Crippen molar-refractivity contribution in [3.8, 4) is 17.2 Å². The lowest BCUT2D eigenvalue weighted by Gasteiger charge is -2.34. The normalized spacial score (nSPS) is 14.6. The third-order valence-electron chi connectivity index (χ3n) is 5.37. The van der Waals surface area contributed by atoms with Crippen LogP contribution in [0, 0.1) is 18.6 Å². The topological polar surface area (TPSA) is 58.8 Å². The number of amides is 1. The van der Waals surface area contributed by atoms with Crippen LogP contribution in [-0.2, 0) is 6.54 Å². The zero-order valence-electron chi connectivity index (χ0n) is 17.4. The Morgan fingerprint density at radius 2 is 1.71 bits per heavy atom. The van der Waals surface area contributed by atoms with Gasteiger partial charge in [-0.05, 0) is 43.3 Å². The second-order valence-corrected chi connectivity index (χ2v) is 7.48. The predicted octanol–water partition coefficient (Wildman–Crippen LogP) is 3.89. The first-order chi connectivity index (χ1) is 14.9. The van der Waals surface area contributed by atoms with Crippen molar-refractivity contribution in [1.82, 2.24) is 14.8 Å². The molecule has 0 saturated carbocycles. The summed E-state index contributed by atoms with van der Waals surface area (Å²) < 4.78 is 37.8. The van der Waals surface area contributed by atoms with E-state index in [0.29, 0.717) is 49.8 Å². The molecular weight excluding hydrogens is 404 g/mol. The van der Waals surface area contributed by atoms with Gasteiger partial charge in [0.15, 0.2) is 0 Å². The van der Waals surface area contributed by atoms with Crippen molar-refractivity contribution in [2.24, 2.45) is 0 Å². The van der Waals surface area contributed by atoms with E-state index < -0.39 is 11.6 Å². The molecule has 8 heteroatoms. The molecule has 31 heavy (non-hydrogen) atoms. The summed E-state index contributed by atoms with van der Waals surface area (Å²) in [5, 5.41) is 0. The molecule has 0 bridgehead atoms. The first-order valence-electron chi connectivity index (χ1n) is 10.0. The van der Waals surface area contributed by atoms with E-state index in [0.717, 1.165) is 11.8 Å². The molecule has 0 unspecified atom stereocenters. The number of aryl methyl sites for hydroxylation is 1. The molecule has 2 aromatic carbocycles. The van der Waals surface area contributed by atoms with Gasteiger partial charge in [0, 0.05) is 49.9 Å². The highest BCUT2D eigenvalue weighted by Crippen LogP contribution is 2.24. The van der Waals surface area contributed by atoms with E-state index in [4.69, 9.17) is 9.15 Å². The largest absolute Gasteiger partial charge is 0.497 e. The van der Waals surface area contributed by atoms with Gasteiger partial charge >= 0.3 is 0 Å². The smallest absolute Gasteiger partial charge is 0.253 e. The van der Waals surface area contributed by atoms with E-state index >= 15 is 0 Å². The van der Waals surface area contributed by atoms with Gasteiger partial charge in [-0.1, -0.05) is 0 Å². The van der Waals surface area contributed by atoms with Crippen LogP contribution in [0.15, 0.2) is 46.9 Å². The number of oxazole rings is 1. The van der Waals surface area contributed by atoms with Crippen molar-refractivity contribution in [3.63, 3.8) is 0 Å². The summed E-state index contributed by atoms with van der Waals surface area (Å²) in [4.78, 5) is 21.2. The Bertz CT molecular complexity index is 1050. The maximum absolute atomic E-state index is 13.5. The zero-order chi connectivity index (χ0) is 22.0. The Balaban J connectivity index is 1.37. The minimum absolute atomic E-state index is 0.00432. The Kier molecular flexibility index (Phi) is 5.99. The van der Waals surface area contributed by atoms with Crippen LogP contribution in [0.4, 0.5) is 8.78 Å². The highest BCUT2D eigenvalue weighted by atomic mass is 19.1. The monoisotopic (exact) mass is 427 g/mol. The Labute approximate surface area is 179 Å². The maximum atomic E-state index is 13.5. The van der Waals surface area contributed by atoms with Crippen LogP contribution in [0.1, 0.15) is 21.8 Å². The Hall–Kier alpha value is -3.26. The number of hydrogen-bond acceptors (Lipinski definition) is 5. The summed E-state index contributed by atoms with van der Waals surface area (Å²) >= 11 is 0. The summed E-state index contributed by atoms with van der Waals surface area (Å²) in [7, 11) is 1.59. The number of carbonyl (C=O) groups excluding carboxylic acids is 1. The molecule has 3 aromatic rings. The fourth-order valence-electron chi connectivity index (χ4n) is 3.61. The van der Waals surface area contributed by atoms with Gasteiger partial charge in [-0.2, -0.15) is 0 Å². The number of rotatable bonds is 5. The van der Waals surface area contributed by atoms with Crippen LogP contribution in [0.3, 0.4) is 0 Å². The van der Waals surface area contributed by atoms with E-state index in [-0.39, 0.29) is 17.4 Å².